The van der Waals surface area contributed by atoms with E-state index in [-0.39, 0.29) is 18.2 Å². The van der Waals surface area contributed by atoms with Crippen LogP contribution in [-0.2, 0) is 0 Å². The second-order valence-corrected chi connectivity index (χ2v) is 7.64. The van der Waals surface area contributed by atoms with Gasteiger partial charge in [0.15, 0.2) is 0 Å². The Kier molecular flexibility index (Phi) is 13.4. The third-order valence-electron chi connectivity index (χ3n) is 3.06. The van der Waals surface area contributed by atoms with E-state index in [2.05, 4.69) is 26.7 Å². The van der Waals surface area contributed by atoms with Crippen molar-refractivity contribution in [2.45, 2.75) is 69.8 Å². The van der Waals surface area contributed by atoms with E-state index in [9.17, 15) is 0 Å². The molecule has 0 fully saturated rings. The minimum Gasteiger partial charge on any atom is -0.307 e. The van der Waals surface area contributed by atoms with E-state index in [0.29, 0.717) is 0 Å². The summed E-state index contributed by atoms with van der Waals surface area (Å²) in [4.78, 5) is 0. The van der Waals surface area contributed by atoms with E-state index in [1.807, 2.05) is 0 Å². The summed E-state index contributed by atoms with van der Waals surface area (Å²) in [6.07, 6.45) is 11.6. The molecule has 14 heavy (non-hydrogen) atoms. The van der Waals surface area contributed by atoms with E-state index in [4.69, 9.17) is 0 Å². The minimum absolute atomic E-state index is 0.120. The molecule has 0 heterocycles. The van der Waals surface area contributed by atoms with Gasteiger partial charge in [-0.3, -0.25) is 0 Å². The van der Waals surface area contributed by atoms with E-state index in [1.165, 1.54) is 55.9 Å². The topological polar surface area (TPSA) is 0 Å². The van der Waals surface area contributed by atoms with Gasteiger partial charge in [0, 0.05) is 0 Å². The number of hydrogen-bond donors (Lipinski definition) is 0. The molecule has 0 aromatic carbocycles. The van der Waals surface area contributed by atoms with Crippen LogP contribution in [0.25, 0.3) is 0 Å². The Morgan fingerprint density at radius 2 is 1.64 bits per heavy atom. The Hall–Kier alpha value is 1.25. The smallest absolute Gasteiger partial charge is 0.307 e. The van der Waals surface area contributed by atoms with Gasteiger partial charge in [0.05, 0.1) is 0 Å². The van der Waals surface area contributed by atoms with Crippen LogP contribution in [0.5, 0.6) is 0 Å². The number of rotatable bonds is 10. The van der Waals surface area contributed by atoms with Crippen LogP contribution >= 0.6 is 12.9 Å². The van der Waals surface area contributed by atoms with Crippen molar-refractivity contribution in [3.8, 4) is 0 Å². The molecule has 82 valence electrons. The fourth-order valence-electron chi connectivity index (χ4n) is 1.92. The van der Waals surface area contributed by atoms with E-state index in [1.54, 1.807) is 0 Å². The van der Waals surface area contributed by atoms with Gasteiger partial charge in [-0.1, -0.05) is 71.1 Å². The fraction of sp³-hybridized carbons (Fsp3) is 1.00. The molecule has 0 nitrogen and oxygen atoms in total. The molecule has 2 heteroatoms. The summed E-state index contributed by atoms with van der Waals surface area (Å²) in [6, 6.07) is 0. The Balaban J connectivity index is 3.15. The van der Waals surface area contributed by atoms with Crippen LogP contribution in [-0.4, -0.2) is 18.2 Å². The second kappa shape index (κ2) is 12.3. The zero-order chi connectivity index (χ0) is 10.6. The van der Waals surface area contributed by atoms with Gasteiger partial charge in [0.2, 0.25) is 0 Å². The van der Waals surface area contributed by atoms with Gasteiger partial charge in [-0.25, -0.2) is 0 Å². The van der Waals surface area contributed by atoms with Crippen molar-refractivity contribution < 1.29 is 0 Å². The lowest BCUT2D eigenvalue weighted by Crippen LogP contribution is -1.99. The fourth-order valence-corrected chi connectivity index (χ4v) is 4.87. The lowest BCUT2D eigenvalue weighted by atomic mass is 9.99. The highest BCUT2D eigenvalue weighted by atomic mass is 79.9. The van der Waals surface area contributed by atoms with Crippen LogP contribution in [0.15, 0.2) is 0 Å². The molecular formula is C12H25BrMg. The monoisotopic (exact) mass is 272 g/mol. The quantitative estimate of drug-likeness (QED) is 0.379. The lowest BCUT2D eigenvalue weighted by Gasteiger charge is -2.12. The SMILES string of the molecule is CCCCCCCCC(CC)[CH2][Mg][Br]. The highest BCUT2D eigenvalue weighted by Crippen LogP contribution is 2.19. The molecule has 0 saturated carbocycles. The maximum Gasteiger partial charge on any atom is 0.468 e. The van der Waals surface area contributed by atoms with Crippen LogP contribution in [0.3, 0.4) is 0 Å². The summed E-state index contributed by atoms with van der Waals surface area (Å²) < 4.78 is 1.51. The van der Waals surface area contributed by atoms with Gasteiger partial charge in [-0.2, -0.15) is 0 Å². The van der Waals surface area contributed by atoms with Gasteiger partial charge >= 0.3 is 18.2 Å². The number of halogens is 1. The van der Waals surface area contributed by atoms with Crippen molar-refractivity contribution in [3.05, 3.63) is 0 Å². The van der Waals surface area contributed by atoms with Crippen molar-refractivity contribution in [2.75, 3.05) is 0 Å². The van der Waals surface area contributed by atoms with Crippen LogP contribution in [0, 0.1) is 5.92 Å². The molecule has 1 atom stereocenters. The van der Waals surface area contributed by atoms with E-state index in [0.717, 1.165) is 5.92 Å². The molecule has 0 bridgehead atoms. The highest BCUT2D eigenvalue weighted by molar-refractivity contribution is 9.23. The summed E-state index contributed by atoms with van der Waals surface area (Å²) in [5.74, 6) is 1.03. The Labute approximate surface area is 106 Å². The van der Waals surface area contributed by atoms with Crippen molar-refractivity contribution in [1.82, 2.24) is 0 Å². The molecule has 0 N–H and O–H groups in total. The van der Waals surface area contributed by atoms with Gasteiger partial charge in [0.25, 0.3) is 0 Å². The molecule has 0 aliphatic carbocycles. The highest BCUT2D eigenvalue weighted by Gasteiger charge is 2.05. The second-order valence-electron chi connectivity index (χ2n) is 4.31. The predicted octanol–water partition coefficient (Wildman–Crippen LogP) is 5.20. The van der Waals surface area contributed by atoms with Crippen molar-refractivity contribution >= 4 is 31.1 Å². The third kappa shape index (κ3) is 9.79. The summed E-state index contributed by atoms with van der Waals surface area (Å²) in [7, 11) is 0. The summed E-state index contributed by atoms with van der Waals surface area (Å²) in [6.45, 7) is 4.63. The molecule has 0 aliphatic heterocycles. The zero-order valence-corrected chi connectivity index (χ0v) is 13.0. The Morgan fingerprint density at radius 1 is 1.00 bits per heavy atom. The summed E-state index contributed by atoms with van der Waals surface area (Å²) >= 11 is 3.79. The molecule has 0 spiro atoms. The largest absolute Gasteiger partial charge is 0.468 e. The van der Waals surface area contributed by atoms with Crippen LogP contribution < -0.4 is 0 Å². The van der Waals surface area contributed by atoms with Gasteiger partial charge in [-0.15, -0.1) is 4.55 Å². The van der Waals surface area contributed by atoms with Crippen molar-refractivity contribution in [2.24, 2.45) is 5.92 Å². The summed E-state index contributed by atoms with van der Waals surface area (Å²) in [5.41, 5.74) is 0. The minimum atomic E-state index is 0.120. The summed E-state index contributed by atoms with van der Waals surface area (Å²) in [5, 5.41) is 0. The van der Waals surface area contributed by atoms with Gasteiger partial charge < -0.3 is 12.9 Å². The molecule has 0 rings (SSSR count). The van der Waals surface area contributed by atoms with E-state index >= 15 is 0 Å². The molecular weight excluding hydrogens is 248 g/mol. The molecule has 0 saturated heterocycles. The molecule has 0 aromatic rings. The van der Waals surface area contributed by atoms with Crippen molar-refractivity contribution in [3.63, 3.8) is 0 Å². The average molecular weight is 274 g/mol. The Bertz CT molecular complexity index is 106. The van der Waals surface area contributed by atoms with Gasteiger partial charge in [-0.05, 0) is 0 Å². The molecule has 0 amide bonds. The van der Waals surface area contributed by atoms with E-state index < -0.39 is 0 Å². The zero-order valence-electron chi connectivity index (χ0n) is 10.0. The third-order valence-corrected chi connectivity index (χ3v) is 5.47. The first-order valence-corrected chi connectivity index (χ1v) is 11.3. The van der Waals surface area contributed by atoms with Crippen molar-refractivity contribution in [1.29, 1.82) is 0 Å². The maximum absolute atomic E-state index is 3.67. The predicted molar refractivity (Wildman–Crippen MR) is 71.3 cm³/mol. The number of hydrogen-bond acceptors (Lipinski definition) is 0. The Morgan fingerprint density at radius 3 is 2.21 bits per heavy atom. The average Bonchev–Trinajstić information content (AvgIpc) is 2.21. The normalized spacial score (nSPS) is 12.5. The van der Waals surface area contributed by atoms with Crippen LogP contribution in [0.4, 0.5) is 0 Å². The lowest BCUT2D eigenvalue weighted by molar-refractivity contribution is 0.472. The standard InChI is InChI=1S/C12H25.BrH.Mg/c1-4-6-7-8-9-10-11-12(3)5-2;;/h12H,3-11H2,1-2H3;1H;/q;;+1/p-1. The molecule has 0 aromatic heterocycles. The van der Waals surface area contributed by atoms with Crippen LogP contribution in [0.1, 0.15) is 65.2 Å². The first-order valence-electron chi connectivity index (χ1n) is 6.41. The van der Waals surface area contributed by atoms with Gasteiger partial charge in [0.1, 0.15) is 0 Å². The molecule has 0 aliphatic rings. The first kappa shape index (κ1) is 15.2. The molecule has 0 radical (unpaired) electrons. The first-order chi connectivity index (χ1) is 6.85. The molecule has 1 unspecified atom stereocenters. The maximum atomic E-state index is 3.67. The van der Waals surface area contributed by atoms with Crippen LogP contribution in [0.2, 0.25) is 4.55 Å². The number of unbranched alkanes of at least 4 members (excludes halogenated alkanes) is 5.